The molecule has 0 unspecified atom stereocenters. The van der Waals surface area contributed by atoms with Crippen LogP contribution >= 0.6 is 0 Å². The van der Waals surface area contributed by atoms with Gasteiger partial charge in [-0.25, -0.2) is 0 Å². The number of rotatable bonds is 12. The fourth-order valence-electron chi connectivity index (χ4n) is 1.28. The van der Waals surface area contributed by atoms with Crippen LogP contribution in [0.15, 0.2) is 0 Å². The maximum Gasteiger partial charge on any atom is 0.313 e. The van der Waals surface area contributed by atoms with Crippen LogP contribution in [0.2, 0.25) is 0 Å². The number of ether oxygens (including phenoxy) is 3. The highest BCUT2D eigenvalue weighted by Gasteiger charge is 2.13. The number of carbonyl (C=O) groups is 2. The molecule has 0 amide bonds. The number of unbranched alkanes of at least 4 members (excludes halogenated alkanes) is 2. The van der Waals surface area contributed by atoms with Crippen molar-refractivity contribution in [3.8, 4) is 0 Å². The second-order valence-corrected chi connectivity index (χ2v) is 4.44. The van der Waals surface area contributed by atoms with Gasteiger partial charge >= 0.3 is 5.97 Å². The molecule has 0 aromatic heterocycles. The molecule has 118 valence electrons. The van der Waals surface area contributed by atoms with E-state index in [0.717, 1.165) is 25.7 Å². The van der Waals surface area contributed by atoms with E-state index in [0.29, 0.717) is 13.2 Å². The van der Waals surface area contributed by atoms with Crippen LogP contribution in [-0.4, -0.2) is 55.2 Å². The van der Waals surface area contributed by atoms with Crippen molar-refractivity contribution >= 4 is 29.1 Å². The number of Topliss-reactive ketones (excluding diaryl/α,β-unsaturated/α-hetero) is 1. The van der Waals surface area contributed by atoms with Gasteiger partial charge in [0.25, 0.3) is 0 Å². The van der Waals surface area contributed by atoms with Gasteiger partial charge in [-0.2, -0.15) is 0 Å². The molecule has 0 saturated heterocycles. The van der Waals surface area contributed by atoms with E-state index < -0.39 is 12.3 Å². The lowest BCUT2D eigenvalue weighted by Crippen LogP contribution is -2.26. The third kappa shape index (κ3) is 14.0. The molecule has 5 nitrogen and oxygen atoms in total. The first-order chi connectivity index (χ1) is 9.10. The van der Waals surface area contributed by atoms with Crippen LogP contribution in [0.1, 0.15) is 52.9 Å². The molecule has 0 fully saturated rings. The third-order valence-electron chi connectivity index (χ3n) is 2.38. The Labute approximate surface area is 132 Å². The zero-order chi connectivity index (χ0) is 14.5. The number of ketones is 1. The number of hydrogen-bond donors (Lipinski definition) is 0. The summed E-state index contributed by atoms with van der Waals surface area (Å²) >= 11 is 0. The van der Waals surface area contributed by atoms with E-state index in [1.54, 1.807) is 0 Å². The number of hydrogen-bond acceptors (Lipinski definition) is 5. The summed E-state index contributed by atoms with van der Waals surface area (Å²) in [5.74, 6) is -0.740. The minimum atomic E-state index is -0.533. The van der Waals surface area contributed by atoms with Crippen molar-refractivity contribution in [1.82, 2.24) is 0 Å². The van der Waals surface area contributed by atoms with Crippen molar-refractivity contribution < 1.29 is 23.8 Å². The summed E-state index contributed by atoms with van der Waals surface area (Å²) in [5, 5.41) is 0. The second-order valence-electron chi connectivity index (χ2n) is 4.44. The van der Waals surface area contributed by atoms with Crippen LogP contribution in [0.3, 0.4) is 0 Å². The molecule has 0 aliphatic rings. The van der Waals surface area contributed by atoms with Crippen LogP contribution in [0, 0.1) is 0 Å². The molecule has 0 aromatic rings. The molecular formula is C14H29AlO5. The van der Waals surface area contributed by atoms with Crippen LogP contribution < -0.4 is 0 Å². The molecular weight excluding hydrogens is 275 g/mol. The predicted molar refractivity (Wildman–Crippen MR) is 81.7 cm³/mol. The molecule has 0 rings (SSSR count). The SMILES string of the molecule is CCCCOC(COC(=O)CC(C)=O)OCCCC.[AlH3]. The summed E-state index contributed by atoms with van der Waals surface area (Å²) in [6.45, 7) is 6.70. The average Bonchev–Trinajstić information content (AvgIpc) is 2.35. The van der Waals surface area contributed by atoms with Gasteiger partial charge in [0.15, 0.2) is 23.7 Å². The summed E-state index contributed by atoms with van der Waals surface area (Å²) in [4.78, 5) is 22.0. The Balaban J connectivity index is 0. The molecule has 0 radical (unpaired) electrons. The summed E-state index contributed by atoms with van der Waals surface area (Å²) in [6, 6.07) is 0. The van der Waals surface area contributed by atoms with E-state index in [2.05, 4.69) is 13.8 Å². The standard InChI is InChI=1S/C14H26O5.Al.3H/c1-4-6-8-17-14(18-9-7-5-2)11-19-13(16)10-12(3)15;;;;/h14H,4-11H2,1-3H3;;;;. The highest BCUT2D eigenvalue weighted by molar-refractivity contribution is 5.94. The number of esters is 1. The minimum Gasteiger partial charge on any atom is -0.460 e. The highest BCUT2D eigenvalue weighted by Crippen LogP contribution is 2.02. The normalized spacial score (nSPS) is 10.2. The Kier molecular flexibility index (Phi) is 16.4. The van der Waals surface area contributed by atoms with E-state index in [9.17, 15) is 9.59 Å². The van der Waals surface area contributed by atoms with Gasteiger partial charge in [0.05, 0.1) is 0 Å². The second kappa shape index (κ2) is 15.0. The lowest BCUT2D eigenvalue weighted by atomic mass is 10.3. The topological polar surface area (TPSA) is 61.8 Å². The summed E-state index contributed by atoms with van der Waals surface area (Å²) in [6.07, 6.45) is 3.21. The van der Waals surface area contributed by atoms with Crippen molar-refractivity contribution in [2.75, 3.05) is 19.8 Å². The van der Waals surface area contributed by atoms with E-state index in [4.69, 9.17) is 14.2 Å². The van der Waals surface area contributed by atoms with Crippen LogP contribution in [0.4, 0.5) is 0 Å². The molecule has 0 heterocycles. The third-order valence-corrected chi connectivity index (χ3v) is 2.38. The average molecular weight is 304 g/mol. The van der Waals surface area contributed by atoms with Crippen molar-refractivity contribution in [2.24, 2.45) is 0 Å². The van der Waals surface area contributed by atoms with Gasteiger partial charge in [-0.1, -0.05) is 26.7 Å². The van der Waals surface area contributed by atoms with E-state index in [1.165, 1.54) is 6.92 Å². The minimum absolute atomic E-state index is 0. The first-order valence-corrected chi connectivity index (χ1v) is 6.98. The molecule has 6 heteroatoms. The molecule has 20 heavy (non-hydrogen) atoms. The lowest BCUT2D eigenvalue weighted by Gasteiger charge is -2.18. The van der Waals surface area contributed by atoms with Crippen LogP contribution in [0.5, 0.6) is 0 Å². The monoisotopic (exact) mass is 304 g/mol. The maximum atomic E-state index is 11.3. The van der Waals surface area contributed by atoms with Gasteiger partial charge in [0.1, 0.15) is 18.8 Å². The summed E-state index contributed by atoms with van der Waals surface area (Å²) < 4.78 is 16.0. The zero-order valence-electron chi connectivity index (χ0n) is 12.3. The van der Waals surface area contributed by atoms with Gasteiger partial charge in [0, 0.05) is 13.2 Å². The summed E-state index contributed by atoms with van der Waals surface area (Å²) in [7, 11) is 0. The van der Waals surface area contributed by atoms with Gasteiger partial charge in [-0.15, -0.1) is 0 Å². The maximum absolute atomic E-state index is 11.3. The van der Waals surface area contributed by atoms with Gasteiger partial charge in [0.2, 0.25) is 0 Å². The number of carbonyl (C=O) groups excluding carboxylic acids is 2. The molecule has 0 N–H and O–H groups in total. The molecule has 0 saturated carbocycles. The van der Waals surface area contributed by atoms with Crippen molar-refractivity contribution in [3.63, 3.8) is 0 Å². The van der Waals surface area contributed by atoms with E-state index >= 15 is 0 Å². The molecule has 0 spiro atoms. The first-order valence-electron chi connectivity index (χ1n) is 6.98. The van der Waals surface area contributed by atoms with Gasteiger partial charge in [-0.05, 0) is 19.8 Å². The van der Waals surface area contributed by atoms with E-state index in [-0.39, 0.29) is 36.2 Å². The molecule has 0 bridgehead atoms. The Bertz CT molecular complexity index is 248. The van der Waals surface area contributed by atoms with E-state index in [1.807, 2.05) is 0 Å². The Morgan fingerprint density at radius 2 is 1.50 bits per heavy atom. The Morgan fingerprint density at radius 3 is 1.90 bits per heavy atom. The fraction of sp³-hybridized carbons (Fsp3) is 0.857. The van der Waals surface area contributed by atoms with Gasteiger partial charge in [-0.3, -0.25) is 9.59 Å². The predicted octanol–water partition coefficient (Wildman–Crippen LogP) is 1.28. The largest absolute Gasteiger partial charge is 0.460 e. The summed E-state index contributed by atoms with van der Waals surface area (Å²) in [5.41, 5.74) is 0. The quantitative estimate of drug-likeness (QED) is 0.179. The highest BCUT2D eigenvalue weighted by atomic mass is 27.0. The molecule has 0 aliphatic carbocycles. The fourth-order valence-corrected chi connectivity index (χ4v) is 1.28. The van der Waals surface area contributed by atoms with Crippen molar-refractivity contribution in [3.05, 3.63) is 0 Å². The van der Waals surface area contributed by atoms with Crippen LogP contribution in [-0.2, 0) is 23.8 Å². The van der Waals surface area contributed by atoms with Crippen molar-refractivity contribution in [2.45, 2.75) is 59.2 Å². The Morgan fingerprint density at radius 1 is 1.00 bits per heavy atom. The lowest BCUT2D eigenvalue weighted by molar-refractivity contribution is -0.183. The molecule has 0 atom stereocenters. The molecule has 0 aromatic carbocycles. The first kappa shape index (κ1) is 21.9. The van der Waals surface area contributed by atoms with Crippen LogP contribution in [0.25, 0.3) is 0 Å². The smallest absolute Gasteiger partial charge is 0.313 e. The molecule has 0 aliphatic heterocycles. The van der Waals surface area contributed by atoms with Gasteiger partial charge < -0.3 is 14.2 Å². The Hall–Kier alpha value is -0.408. The zero-order valence-corrected chi connectivity index (χ0v) is 12.3. The van der Waals surface area contributed by atoms with Crippen molar-refractivity contribution in [1.29, 1.82) is 0 Å².